The number of aromatic nitrogens is 3. The van der Waals surface area contributed by atoms with Crippen LogP contribution in [0.15, 0.2) is 152 Å². The van der Waals surface area contributed by atoms with E-state index < -0.39 is 0 Å². The van der Waals surface area contributed by atoms with Crippen molar-refractivity contribution in [2.75, 3.05) is 0 Å². The Kier molecular flexibility index (Phi) is 5.54. The monoisotopic (exact) mass is 577 g/mol. The summed E-state index contributed by atoms with van der Waals surface area (Å²) in [5.74, 6) is 0.940. The largest absolute Gasteiger partial charge is 0.309 e. The summed E-state index contributed by atoms with van der Waals surface area (Å²) < 4.78 is 4.73. The summed E-state index contributed by atoms with van der Waals surface area (Å²) in [7, 11) is 0. The molecule has 2 heterocycles. The number of para-hydroxylation sites is 3. The highest BCUT2D eigenvalue weighted by molar-refractivity contribution is 6.01. The minimum atomic E-state index is -0.120. The van der Waals surface area contributed by atoms with Gasteiger partial charge in [-0.15, -0.1) is 0 Å². The maximum atomic E-state index is 5.10. The summed E-state index contributed by atoms with van der Waals surface area (Å²) in [6.45, 7) is 4.74. The fraction of sp³-hybridized carbons (Fsp3) is 0.0714. The normalized spacial score (nSPS) is 13.3. The van der Waals surface area contributed by atoms with Crippen molar-refractivity contribution in [2.45, 2.75) is 19.3 Å². The fourth-order valence-corrected chi connectivity index (χ4v) is 7.44. The van der Waals surface area contributed by atoms with Gasteiger partial charge in [-0.2, -0.15) is 0 Å². The highest BCUT2D eigenvalue weighted by Crippen LogP contribution is 2.54. The van der Waals surface area contributed by atoms with Crippen LogP contribution >= 0.6 is 0 Å². The molecule has 0 N–H and O–H groups in total. The Hall–Kier alpha value is -5.67. The van der Waals surface area contributed by atoms with Crippen LogP contribution in [0.4, 0.5) is 0 Å². The van der Waals surface area contributed by atoms with Crippen LogP contribution in [0, 0.1) is 0 Å². The first-order valence-electron chi connectivity index (χ1n) is 15.6. The molecule has 2 aromatic heterocycles. The first kappa shape index (κ1) is 25.8. The molecule has 45 heavy (non-hydrogen) atoms. The van der Waals surface area contributed by atoms with Crippen LogP contribution < -0.4 is 0 Å². The predicted molar refractivity (Wildman–Crippen MR) is 186 cm³/mol. The van der Waals surface area contributed by atoms with E-state index in [1.54, 1.807) is 0 Å². The van der Waals surface area contributed by atoms with Crippen LogP contribution in [-0.2, 0) is 5.41 Å². The van der Waals surface area contributed by atoms with E-state index in [9.17, 15) is 0 Å². The third kappa shape index (κ3) is 3.80. The maximum absolute atomic E-state index is 5.10. The number of hydrogen-bond donors (Lipinski definition) is 0. The van der Waals surface area contributed by atoms with Crippen molar-refractivity contribution in [1.82, 2.24) is 14.1 Å². The van der Waals surface area contributed by atoms with E-state index >= 15 is 0 Å². The fourth-order valence-electron chi connectivity index (χ4n) is 7.44. The van der Waals surface area contributed by atoms with Gasteiger partial charge in [0.05, 0.1) is 22.2 Å². The molecule has 3 nitrogen and oxygen atoms in total. The molecule has 0 atom stereocenters. The summed E-state index contributed by atoms with van der Waals surface area (Å²) in [5.41, 5.74) is 14.4. The van der Waals surface area contributed by atoms with Gasteiger partial charge >= 0.3 is 0 Å². The average Bonchev–Trinajstić information content (AvgIpc) is 3.72. The maximum Gasteiger partial charge on any atom is 0.145 e. The van der Waals surface area contributed by atoms with E-state index in [1.807, 2.05) is 0 Å². The van der Waals surface area contributed by atoms with Gasteiger partial charge in [0.2, 0.25) is 0 Å². The van der Waals surface area contributed by atoms with Crippen molar-refractivity contribution in [3.63, 3.8) is 0 Å². The van der Waals surface area contributed by atoms with Crippen molar-refractivity contribution in [1.29, 1.82) is 0 Å². The molecule has 0 amide bonds. The molecule has 0 aliphatic heterocycles. The molecule has 1 aliphatic rings. The lowest BCUT2D eigenvalue weighted by Crippen LogP contribution is -2.14. The minimum absolute atomic E-state index is 0.120. The van der Waals surface area contributed by atoms with Gasteiger partial charge in [-0.25, -0.2) is 4.98 Å². The second-order valence-electron chi connectivity index (χ2n) is 12.5. The third-order valence-electron chi connectivity index (χ3n) is 9.51. The first-order valence-corrected chi connectivity index (χ1v) is 15.6. The van der Waals surface area contributed by atoms with Crippen LogP contribution in [0.25, 0.3) is 67.1 Å². The standard InChI is InChI=1S/C42H31N3/c1-42(2)35-18-10-9-17-33(35)40-39(42)34-27-30(28-13-5-3-6-14-28)23-26-37(34)44(40)32-24-21-29(22-25-32)41-43-36-19-11-12-20-38(36)45(41)31-15-7-4-8-16-31/h3-27H,1-2H3. The number of hydrogen-bond acceptors (Lipinski definition) is 1. The molecular formula is C42H31N3. The molecule has 9 rings (SSSR count). The number of fused-ring (bicyclic) bond motifs is 6. The van der Waals surface area contributed by atoms with E-state index in [0.717, 1.165) is 33.8 Å². The van der Waals surface area contributed by atoms with E-state index in [1.165, 1.54) is 44.4 Å². The number of benzene rings is 6. The van der Waals surface area contributed by atoms with Crippen LogP contribution in [0.3, 0.4) is 0 Å². The summed E-state index contributed by atoms with van der Waals surface area (Å²) in [4.78, 5) is 5.10. The van der Waals surface area contributed by atoms with Gasteiger partial charge in [0.1, 0.15) is 5.82 Å². The van der Waals surface area contributed by atoms with Crippen LogP contribution in [0.1, 0.15) is 25.0 Å². The molecule has 0 spiro atoms. The molecule has 3 heteroatoms. The second kappa shape index (κ2) is 9.67. The van der Waals surface area contributed by atoms with E-state index in [4.69, 9.17) is 4.98 Å². The summed E-state index contributed by atoms with van der Waals surface area (Å²) >= 11 is 0. The number of nitrogens with zero attached hydrogens (tertiary/aromatic N) is 3. The zero-order valence-corrected chi connectivity index (χ0v) is 25.3. The molecule has 0 bridgehead atoms. The van der Waals surface area contributed by atoms with E-state index in [0.29, 0.717) is 0 Å². The smallest absolute Gasteiger partial charge is 0.145 e. The summed E-state index contributed by atoms with van der Waals surface area (Å²) in [5, 5.41) is 1.31. The van der Waals surface area contributed by atoms with Gasteiger partial charge in [0.15, 0.2) is 0 Å². The van der Waals surface area contributed by atoms with Crippen molar-refractivity contribution in [3.8, 4) is 45.1 Å². The lowest BCUT2D eigenvalue weighted by atomic mass is 9.81. The van der Waals surface area contributed by atoms with Crippen molar-refractivity contribution >= 4 is 21.9 Å². The van der Waals surface area contributed by atoms with Crippen molar-refractivity contribution in [2.24, 2.45) is 0 Å². The first-order chi connectivity index (χ1) is 22.1. The number of imidazole rings is 1. The van der Waals surface area contributed by atoms with E-state index in [-0.39, 0.29) is 5.41 Å². The Morgan fingerprint density at radius 3 is 1.96 bits per heavy atom. The van der Waals surface area contributed by atoms with Crippen molar-refractivity contribution in [3.05, 3.63) is 163 Å². The molecule has 0 saturated carbocycles. The Balaban J connectivity index is 1.26. The SMILES string of the molecule is CC1(C)c2ccccc2-c2c1c1cc(-c3ccccc3)ccc1n2-c1ccc(-c2nc3ccccc3n2-c2ccccc2)cc1. The van der Waals surface area contributed by atoms with E-state index in [2.05, 4.69) is 175 Å². The topological polar surface area (TPSA) is 22.8 Å². The summed E-state index contributed by atoms with van der Waals surface area (Å²) in [6.07, 6.45) is 0. The van der Waals surface area contributed by atoms with Gasteiger partial charge in [-0.1, -0.05) is 105 Å². The third-order valence-corrected chi connectivity index (χ3v) is 9.51. The minimum Gasteiger partial charge on any atom is -0.309 e. The second-order valence-corrected chi connectivity index (χ2v) is 12.5. The molecule has 8 aromatic rings. The molecule has 0 radical (unpaired) electrons. The Morgan fingerprint density at radius 1 is 0.511 bits per heavy atom. The quantitative estimate of drug-likeness (QED) is 0.204. The van der Waals surface area contributed by atoms with Gasteiger partial charge < -0.3 is 4.57 Å². The van der Waals surface area contributed by atoms with Crippen LogP contribution in [0.5, 0.6) is 0 Å². The molecule has 6 aromatic carbocycles. The average molecular weight is 578 g/mol. The van der Waals surface area contributed by atoms with Gasteiger partial charge in [-0.05, 0) is 82.9 Å². The number of rotatable bonds is 4. The lowest BCUT2D eigenvalue weighted by molar-refractivity contribution is 0.666. The lowest BCUT2D eigenvalue weighted by Gasteiger charge is -2.21. The Bertz CT molecular complexity index is 2370. The predicted octanol–water partition coefficient (Wildman–Crippen LogP) is 10.6. The Morgan fingerprint density at radius 2 is 1.16 bits per heavy atom. The van der Waals surface area contributed by atoms with Gasteiger partial charge in [-0.3, -0.25) is 4.57 Å². The summed E-state index contributed by atoms with van der Waals surface area (Å²) in [6, 6.07) is 54.4. The van der Waals surface area contributed by atoms with Crippen LogP contribution in [0.2, 0.25) is 0 Å². The molecule has 214 valence electrons. The molecule has 1 aliphatic carbocycles. The Labute approximate surface area is 262 Å². The zero-order valence-electron chi connectivity index (χ0n) is 25.3. The van der Waals surface area contributed by atoms with Crippen molar-refractivity contribution < 1.29 is 0 Å². The van der Waals surface area contributed by atoms with Gasteiger partial charge in [0.25, 0.3) is 0 Å². The molecule has 0 unspecified atom stereocenters. The molecular weight excluding hydrogens is 546 g/mol. The molecule has 0 saturated heterocycles. The van der Waals surface area contributed by atoms with Crippen LogP contribution in [-0.4, -0.2) is 14.1 Å². The highest BCUT2D eigenvalue weighted by Gasteiger charge is 2.40. The zero-order chi connectivity index (χ0) is 30.1. The highest BCUT2D eigenvalue weighted by atomic mass is 15.1. The molecule has 0 fully saturated rings. The van der Waals surface area contributed by atoms with Gasteiger partial charge in [0, 0.05) is 33.3 Å².